The van der Waals surface area contributed by atoms with Crippen LogP contribution in [0.3, 0.4) is 0 Å². The number of β-amino-alcohol motifs (C(OH)–C–C–N with tert-alkyl or cyclic N) is 1. The van der Waals surface area contributed by atoms with Crippen LogP contribution in [0.15, 0.2) is 42.5 Å². The molecular formula is C25H30N2O4. The van der Waals surface area contributed by atoms with Gasteiger partial charge in [-0.2, -0.15) is 0 Å². The number of hydrogen-bond acceptors (Lipinski definition) is 5. The minimum absolute atomic E-state index is 0.0258. The second-order valence-corrected chi connectivity index (χ2v) is 8.24. The average Bonchev–Trinajstić information content (AvgIpc) is 3.05. The van der Waals surface area contributed by atoms with E-state index in [2.05, 4.69) is 40.7 Å². The van der Waals surface area contributed by atoms with Gasteiger partial charge in [0.25, 0.3) is 0 Å². The van der Waals surface area contributed by atoms with Gasteiger partial charge in [0.2, 0.25) is 0 Å². The molecular weight excluding hydrogens is 392 g/mol. The number of ether oxygens (including phenoxy) is 2. The summed E-state index contributed by atoms with van der Waals surface area (Å²) < 4.78 is 13.4. The van der Waals surface area contributed by atoms with Crippen molar-refractivity contribution < 1.29 is 19.4 Å². The monoisotopic (exact) mass is 422 g/mol. The van der Waals surface area contributed by atoms with Crippen molar-refractivity contribution in [2.75, 3.05) is 39.5 Å². The van der Waals surface area contributed by atoms with E-state index in [1.807, 2.05) is 25.1 Å². The number of rotatable bonds is 7. The van der Waals surface area contributed by atoms with E-state index in [9.17, 15) is 9.90 Å². The van der Waals surface area contributed by atoms with Crippen LogP contribution in [0.1, 0.15) is 28.5 Å². The summed E-state index contributed by atoms with van der Waals surface area (Å²) in [6.45, 7) is 9.47. The minimum Gasteiger partial charge on any atom is -0.491 e. The van der Waals surface area contributed by atoms with E-state index in [4.69, 9.17) is 9.47 Å². The van der Waals surface area contributed by atoms with Gasteiger partial charge in [0, 0.05) is 42.0 Å². The van der Waals surface area contributed by atoms with Gasteiger partial charge >= 0.3 is 0 Å². The molecule has 1 aliphatic heterocycles. The van der Waals surface area contributed by atoms with Gasteiger partial charge in [-0.1, -0.05) is 17.7 Å². The fraction of sp³-hybridized carbons (Fsp3) is 0.400. The van der Waals surface area contributed by atoms with E-state index in [0.717, 1.165) is 35.4 Å². The number of aliphatic hydroxyl groups excluding tert-OH is 1. The van der Waals surface area contributed by atoms with Gasteiger partial charge in [0.15, 0.2) is 5.78 Å². The fourth-order valence-corrected chi connectivity index (χ4v) is 4.29. The second-order valence-electron chi connectivity index (χ2n) is 8.24. The smallest absolute Gasteiger partial charge is 0.162 e. The Morgan fingerprint density at radius 3 is 2.52 bits per heavy atom. The molecule has 31 heavy (non-hydrogen) atoms. The van der Waals surface area contributed by atoms with Crippen molar-refractivity contribution >= 4 is 16.7 Å². The van der Waals surface area contributed by atoms with Crippen LogP contribution in [-0.2, 0) is 4.74 Å². The number of Topliss-reactive ketones (excluding diaryl/α,β-unsaturated/α-hetero) is 1. The van der Waals surface area contributed by atoms with E-state index < -0.39 is 6.10 Å². The molecule has 0 saturated carbocycles. The molecule has 1 N–H and O–H groups in total. The minimum atomic E-state index is -0.583. The molecule has 3 aromatic rings. The Hall–Kier alpha value is -2.67. The molecule has 1 saturated heterocycles. The van der Waals surface area contributed by atoms with Gasteiger partial charge in [-0.05, 0) is 51.1 Å². The molecule has 2 heterocycles. The lowest BCUT2D eigenvalue weighted by molar-refractivity contribution is 0.00466. The predicted octanol–water partition coefficient (Wildman–Crippen LogP) is 3.52. The number of aromatic nitrogens is 1. The van der Waals surface area contributed by atoms with Crippen LogP contribution in [0.25, 0.3) is 16.6 Å². The zero-order valence-corrected chi connectivity index (χ0v) is 18.4. The van der Waals surface area contributed by atoms with Crippen molar-refractivity contribution in [1.29, 1.82) is 0 Å². The molecule has 0 unspecified atom stereocenters. The molecule has 164 valence electrons. The Labute approximate surface area is 183 Å². The number of carbonyl (C=O) groups excluding carboxylic acids is 1. The number of carbonyl (C=O) groups is 1. The lowest BCUT2D eigenvalue weighted by atomic mass is 10.1. The number of hydrogen-bond donors (Lipinski definition) is 1. The quantitative estimate of drug-likeness (QED) is 0.590. The highest BCUT2D eigenvalue weighted by molar-refractivity contribution is 6.09. The Bertz CT molecular complexity index is 1070. The molecule has 1 aliphatic rings. The number of benzene rings is 2. The summed E-state index contributed by atoms with van der Waals surface area (Å²) in [4.78, 5) is 14.6. The van der Waals surface area contributed by atoms with Crippen LogP contribution in [0.5, 0.6) is 5.75 Å². The molecule has 0 spiro atoms. The molecule has 1 aromatic heterocycles. The summed E-state index contributed by atoms with van der Waals surface area (Å²) >= 11 is 0. The van der Waals surface area contributed by atoms with Gasteiger partial charge in [0.05, 0.1) is 18.7 Å². The zero-order chi connectivity index (χ0) is 22.0. The number of nitrogens with zero attached hydrogens (tertiary/aromatic N) is 2. The third kappa shape index (κ3) is 4.66. The topological polar surface area (TPSA) is 63.9 Å². The number of morpholine rings is 1. The van der Waals surface area contributed by atoms with Crippen molar-refractivity contribution in [3.8, 4) is 11.4 Å². The summed E-state index contributed by atoms with van der Waals surface area (Å²) in [6.07, 6.45) is -0.583. The molecule has 0 aliphatic carbocycles. The van der Waals surface area contributed by atoms with Crippen molar-refractivity contribution in [3.05, 3.63) is 59.3 Å². The molecule has 6 heteroatoms. The fourth-order valence-electron chi connectivity index (χ4n) is 4.29. The maximum Gasteiger partial charge on any atom is 0.162 e. The molecule has 4 rings (SSSR count). The molecule has 1 fully saturated rings. The van der Waals surface area contributed by atoms with Crippen LogP contribution in [0, 0.1) is 13.8 Å². The highest BCUT2D eigenvalue weighted by atomic mass is 16.5. The van der Waals surface area contributed by atoms with Crippen molar-refractivity contribution in [2.45, 2.75) is 26.9 Å². The Kier molecular flexibility index (Phi) is 6.41. The van der Waals surface area contributed by atoms with Gasteiger partial charge < -0.3 is 19.1 Å². The lowest BCUT2D eigenvalue weighted by Crippen LogP contribution is -2.42. The molecule has 0 radical (unpaired) electrons. The van der Waals surface area contributed by atoms with Crippen molar-refractivity contribution in [1.82, 2.24) is 9.47 Å². The SMILES string of the molecule is CC(=O)c1c(C)n(-c2ccc(C)cc2)c2ccc(OC[C@@H](O)CN3CCOCC3)cc12. The standard InChI is InChI=1S/C25H30N2O4/c1-17-4-6-20(7-5-17)27-18(2)25(19(3)28)23-14-22(8-9-24(23)27)31-16-21(29)15-26-10-12-30-13-11-26/h4-9,14,21,29H,10-13,15-16H2,1-3H3/t21-/m0/s1. The third-order valence-electron chi connectivity index (χ3n) is 5.83. The average molecular weight is 423 g/mol. The Morgan fingerprint density at radius 2 is 1.84 bits per heavy atom. The van der Waals surface area contributed by atoms with Gasteiger partial charge in [-0.3, -0.25) is 9.69 Å². The largest absolute Gasteiger partial charge is 0.491 e. The molecule has 0 amide bonds. The van der Waals surface area contributed by atoms with Crippen molar-refractivity contribution in [2.24, 2.45) is 0 Å². The van der Waals surface area contributed by atoms with Crippen molar-refractivity contribution in [3.63, 3.8) is 0 Å². The maximum absolute atomic E-state index is 12.5. The second kappa shape index (κ2) is 9.22. The number of aryl methyl sites for hydroxylation is 1. The maximum atomic E-state index is 12.5. The van der Waals surface area contributed by atoms with E-state index in [0.29, 0.717) is 31.1 Å². The summed E-state index contributed by atoms with van der Waals surface area (Å²) in [6, 6.07) is 14.1. The van der Waals surface area contributed by atoms with E-state index in [-0.39, 0.29) is 12.4 Å². The van der Waals surface area contributed by atoms with Crippen LogP contribution in [0.4, 0.5) is 0 Å². The van der Waals surface area contributed by atoms with E-state index >= 15 is 0 Å². The van der Waals surface area contributed by atoms with Crippen LogP contribution in [-0.4, -0.2) is 65.9 Å². The molecule has 0 bridgehead atoms. The van der Waals surface area contributed by atoms with Gasteiger partial charge in [-0.15, -0.1) is 0 Å². The summed E-state index contributed by atoms with van der Waals surface area (Å²) in [5.74, 6) is 0.676. The van der Waals surface area contributed by atoms with Crippen LogP contribution < -0.4 is 4.74 Å². The number of fused-ring (bicyclic) bond motifs is 1. The molecule has 1 atom stereocenters. The number of ketones is 1. The number of aliphatic hydroxyl groups is 1. The molecule has 2 aromatic carbocycles. The first kappa shape index (κ1) is 21.6. The van der Waals surface area contributed by atoms with Crippen LogP contribution >= 0.6 is 0 Å². The first-order valence-corrected chi connectivity index (χ1v) is 10.8. The predicted molar refractivity (Wildman–Crippen MR) is 122 cm³/mol. The van der Waals surface area contributed by atoms with E-state index in [1.165, 1.54) is 5.56 Å². The Balaban J connectivity index is 1.58. The summed E-state index contributed by atoms with van der Waals surface area (Å²) in [7, 11) is 0. The van der Waals surface area contributed by atoms with Crippen LogP contribution in [0.2, 0.25) is 0 Å². The third-order valence-corrected chi connectivity index (χ3v) is 5.83. The Morgan fingerprint density at radius 1 is 1.13 bits per heavy atom. The first-order valence-electron chi connectivity index (χ1n) is 10.8. The summed E-state index contributed by atoms with van der Waals surface area (Å²) in [5, 5.41) is 11.2. The molecule has 6 nitrogen and oxygen atoms in total. The lowest BCUT2D eigenvalue weighted by Gasteiger charge is -2.28. The highest BCUT2D eigenvalue weighted by Gasteiger charge is 2.20. The van der Waals surface area contributed by atoms with Gasteiger partial charge in [-0.25, -0.2) is 0 Å². The van der Waals surface area contributed by atoms with Gasteiger partial charge in [0.1, 0.15) is 18.5 Å². The zero-order valence-electron chi connectivity index (χ0n) is 18.4. The summed E-state index contributed by atoms with van der Waals surface area (Å²) in [5.41, 5.74) is 4.80. The highest BCUT2D eigenvalue weighted by Crippen LogP contribution is 2.32. The normalized spacial score (nSPS) is 15.9. The first-order chi connectivity index (χ1) is 14.9. The van der Waals surface area contributed by atoms with E-state index in [1.54, 1.807) is 6.92 Å².